The molecule has 3 aromatic rings. The maximum absolute atomic E-state index is 13.5. The molecule has 3 N–H and O–H groups in total. The Morgan fingerprint density at radius 1 is 0.806 bits per heavy atom. The summed E-state index contributed by atoms with van der Waals surface area (Å²) in [4.78, 5) is 43.0. The fraction of sp³-hybridized carbons (Fsp3) is 0.321. The fourth-order valence-corrected chi connectivity index (χ4v) is 5.37. The van der Waals surface area contributed by atoms with E-state index < -0.39 is 30.0 Å². The average molecular weight is 489 g/mol. The van der Waals surface area contributed by atoms with Gasteiger partial charge in [-0.15, -0.1) is 0 Å². The number of aliphatic hydroxyl groups excluding tert-OH is 3. The van der Waals surface area contributed by atoms with Gasteiger partial charge in [0.25, 0.3) is 17.7 Å². The van der Waals surface area contributed by atoms with Crippen molar-refractivity contribution in [2.75, 3.05) is 18.1 Å². The van der Waals surface area contributed by atoms with Crippen molar-refractivity contribution in [3.05, 3.63) is 76.3 Å². The van der Waals surface area contributed by atoms with Gasteiger partial charge in [-0.25, -0.2) is 4.90 Å². The van der Waals surface area contributed by atoms with Gasteiger partial charge in [0.2, 0.25) is 0 Å². The lowest BCUT2D eigenvalue weighted by Gasteiger charge is -2.40. The molecule has 0 aliphatic carbocycles. The molecule has 0 radical (unpaired) electrons. The van der Waals surface area contributed by atoms with Gasteiger partial charge in [-0.05, 0) is 54.7 Å². The van der Waals surface area contributed by atoms with Crippen LogP contribution in [0.2, 0.25) is 0 Å². The molecule has 0 fully saturated rings. The van der Waals surface area contributed by atoms with Crippen molar-refractivity contribution in [2.45, 2.75) is 39.0 Å². The summed E-state index contributed by atoms with van der Waals surface area (Å²) in [6, 6.07) is 12.6. The Hall–Kier alpha value is -3.59. The van der Waals surface area contributed by atoms with Crippen LogP contribution in [0.4, 0.5) is 5.69 Å². The molecule has 2 heterocycles. The van der Waals surface area contributed by atoms with Crippen LogP contribution < -0.4 is 4.90 Å². The van der Waals surface area contributed by atoms with Gasteiger partial charge in [0, 0.05) is 39.6 Å². The second-order valence-electron chi connectivity index (χ2n) is 9.75. The molecular formula is C28H28N2O6. The Balaban J connectivity index is 1.62. The van der Waals surface area contributed by atoms with Crippen LogP contribution in [0, 0.1) is 5.92 Å². The lowest BCUT2D eigenvalue weighted by molar-refractivity contribution is -0.0313. The minimum atomic E-state index is -1.31. The summed E-state index contributed by atoms with van der Waals surface area (Å²) in [7, 11) is 0. The number of hydrogen-bond acceptors (Lipinski definition) is 6. The largest absolute Gasteiger partial charge is 0.396 e. The number of benzene rings is 3. The molecule has 2 atom stereocenters. The molecule has 2 aliphatic heterocycles. The first-order chi connectivity index (χ1) is 17.3. The van der Waals surface area contributed by atoms with Crippen LogP contribution in [-0.4, -0.2) is 57.2 Å². The Morgan fingerprint density at radius 2 is 1.39 bits per heavy atom. The third kappa shape index (κ3) is 3.61. The molecule has 2 aliphatic rings. The summed E-state index contributed by atoms with van der Waals surface area (Å²) in [6.45, 7) is 3.66. The molecule has 3 amide bonds. The molecule has 36 heavy (non-hydrogen) atoms. The lowest BCUT2D eigenvalue weighted by Crippen LogP contribution is -2.48. The van der Waals surface area contributed by atoms with E-state index in [4.69, 9.17) is 5.11 Å². The van der Waals surface area contributed by atoms with E-state index >= 15 is 0 Å². The predicted octanol–water partition coefficient (Wildman–Crippen LogP) is 3.03. The Kier molecular flexibility index (Phi) is 6.12. The van der Waals surface area contributed by atoms with E-state index in [0.29, 0.717) is 40.4 Å². The first-order valence-electron chi connectivity index (χ1n) is 12.1. The van der Waals surface area contributed by atoms with Gasteiger partial charge >= 0.3 is 0 Å². The van der Waals surface area contributed by atoms with E-state index in [9.17, 15) is 24.6 Å². The van der Waals surface area contributed by atoms with Crippen LogP contribution >= 0.6 is 0 Å². The van der Waals surface area contributed by atoms with Crippen LogP contribution in [0.5, 0.6) is 0 Å². The summed E-state index contributed by atoms with van der Waals surface area (Å²) < 4.78 is 0. The molecule has 5 rings (SSSR count). The number of aliphatic hydroxyl groups is 3. The van der Waals surface area contributed by atoms with E-state index in [0.717, 1.165) is 10.5 Å². The summed E-state index contributed by atoms with van der Waals surface area (Å²) in [6.07, 6.45) is -0.332. The zero-order valence-electron chi connectivity index (χ0n) is 20.1. The van der Waals surface area contributed by atoms with Gasteiger partial charge < -0.3 is 20.2 Å². The highest BCUT2D eigenvalue weighted by Crippen LogP contribution is 2.42. The molecule has 186 valence electrons. The number of carbonyl (C=O) groups excluding carboxylic acids is 3. The second kappa shape index (κ2) is 9.13. The van der Waals surface area contributed by atoms with Crippen LogP contribution in [-0.2, 0) is 6.42 Å². The highest BCUT2D eigenvalue weighted by Gasteiger charge is 2.42. The quantitative estimate of drug-likeness (QED) is 0.440. The summed E-state index contributed by atoms with van der Waals surface area (Å²) in [5.41, 5.74) is 2.56. The Bertz CT molecular complexity index is 1360. The number of hydrogen-bond donors (Lipinski definition) is 3. The van der Waals surface area contributed by atoms with Crippen LogP contribution in [0.1, 0.15) is 68.7 Å². The molecule has 8 heteroatoms. The predicted molar refractivity (Wildman–Crippen MR) is 134 cm³/mol. The monoisotopic (exact) mass is 488 g/mol. The molecule has 8 nitrogen and oxygen atoms in total. The molecule has 3 aromatic carbocycles. The molecule has 0 saturated carbocycles. The van der Waals surface area contributed by atoms with Gasteiger partial charge in [-0.2, -0.15) is 0 Å². The summed E-state index contributed by atoms with van der Waals surface area (Å²) in [5, 5.41) is 31.1. The van der Waals surface area contributed by atoms with Crippen molar-refractivity contribution in [2.24, 2.45) is 5.92 Å². The number of amides is 3. The molecule has 2 unspecified atom stereocenters. The number of rotatable bonds is 7. The van der Waals surface area contributed by atoms with Crippen LogP contribution in [0.15, 0.2) is 48.5 Å². The first kappa shape index (κ1) is 24.1. The van der Waals surface area contributed by atoms with Crippen LogP contribution in [0.3, 0.4) is 0 Å². The van der Waals surface area contributed by atoms with Crippen molar-refractivity contribution < 1.29 is 29.7 Å². The minimum Gasteiger partial charge on any atom is -0.396 e. The zero-order valence-corrected chi connectivity index (χ0v) is 20.1. The van der Waals surface area contributed by atoms with E-state index in [1.165, 1.54) is 4.90 Å². The molecule has 0 bridgehead atoms. The van der Waals surface area contributed by atoms with Gasteiger partial charge in [0.05, 0.1) is 18.3 Å². The molecule has 0 spiro atoms. The van der Waals surface area contributed by atoms with Crippen molar-refractivity contribution in [1.29, 1.82) is 0 Å². The maximum Gasteiger partial charge on any atom is 0.265 e. The smallest absolute Gasteiger partial charge is 0.265 e. The number of nitrogens with zero attached hydrogens (tertiary/aromatic N) is 2. The first-order valence-corrected chi connectivity index (χ1v) is 12.1. The van der Waals surface area contributed by atoms with Crippen molar-refractivity contribution >= 4 is 34.2 Å². The van der Waals surface area contributed by atoms with Crippen molar-refractivity contribution in [3.63, 3.8) is 0 Å². The number of carbonyl (C=O) groups is 3. The SMILES string of the molecule is CC(C)CC(CO)N1C(=O)c2ccc3c4c(ccc(c24)C1O)C(=O)N(c1ccc(CCO)cc1)C3=O. The average Bonchev–Trinajstić information content (AvgIpc) is 2.86. The minimum absolute atomic E-state index is 0.000513. The van der Waals surface area contributed by atoms with Crippen LogP contribution in [0.25, 0.3) is 10.8 Å². The second-order valence-corrected chi connectivity index (χ2v) is 9.75. The lowest BCUT2D eigenvalue weighted by atomic mass is 9.84. The van der Waals surface area contributed by atoms with E-state index in [2.05, 4.69) is 0 Å². The third-order valence-corrected chi connectivity index (χ3v) is 7.01. The van der Waals surface area contributed by atoms with E-state index in [1.54, 1.807) is 48.5 Å². The molecule has 0 saturated heterocycles. The standard InChI is InChI=1S/C28H28N2O6/c1-15(2)13-18(14-32)30-27(35)21-9-7-19-23-20(8-10-22(24(21)23)28(30)36)26(34)29(25(19)33)17-5-3-16(4-6-17)11-12-31/h3-10,15,18,27,31-32,35H,11-14H2,1-2H3. The van der Waals surface area contributed by atoms with Gasteiger partial charge in [-0.3, -0.25) is 14.4 Å². The highest BCUT2D eigenvalue weighted by molar-refractivity contribution is 6.37. The summed E-state index contributed by atoms with van der Waals surface area (Å²) in [5.74, 6) is -1.27. The summed E-state index contributed by atoms with van der Waals surface area (Å²) >= 11 is 0. The van der Waals surface area contributed by atoms with Crippen molar-refractivity contribution in [1.82, 2.24) is 4.90 Å². The molecule has 0 aromatic heterocycles. The van der Waals surface area contributed by atoms with Gasteiger partial charge in [0.15, 0.2) is 6.23 Å². The van der Waals surface area contributed by atoms with E-state index in [1.807, 2.05) is 13.8 Å². The number of anilines is 1. The fourth-order valence-electron chi connectivity index (χ4n) is 5.37. The number of imide groups is 1. The Labute approximate surface area is 208 Å². The molecular weight excluding hydrogens is 460 g/mol. The van der Waals surface area contributed by atoms with Crippen molar-refractivity contribution in [3.8, 4) is 0 Å². The Morgan fingerprint density at radius 3 is 1.94 bits per heavy atom. The maximum atomic E-state index is 13.5. The van der Waals surface area contributed by atoms with Gasteiger partial charge in [0.1, 0.15) is 0 Å². The topological polar surface area (TPSA) is 118 Å². The zero-order chi connectivity index (χ0) is 25.7. The normalized spacial score (nSPS) is 17.9. The highest BCUT2D eigenvalue weighted by atomic mass is 16.3. The van der Waals surface area contributed by atoms with Gasteiger partial charge in [-0.1, -0.05) is 32.0 Å². The third-order valence-electron chi connectivity index (χ3n) is 7.01. The van der Waals surface area contributed by atoms with E-state index in [-0.39, 0.29) is 30.3 Å².